The third kappa shape index (κ3) is 3.86. The second-order valence-electron chi connectivity index (χ2n) is 15.2. The Morgan fingerprint density at radius 3 is 2.06 bits per heavy atom. The highest BCUT2D eigenvalue weighted by Crippen LogP contribution is 2.61. The van der Waals surface area contributed by atoms with E-state index in [1.807, 2.05) is 0 Å². The molecule has 6 aromatic carbocycles. The summed E-state index contributed by atoms with van der Waals surface area (Å²) in [6, 6.07) is 37.3. The van der Waals surface area contributed by atoms with Crippen molar-refractivity contribution in [3.63, 3.8) is 0 Å². The molecule has 240 valence electrons. The molecule has 0 N–H and O–H groups in total. The number of anilines is 2. The van der Waals surface area contributed by atoms with Gasteiger partial charge in [0.1, 0.15) is 0 Å². The average molecular weight is 638 g/mol. The van der Waals surface area contributed by atoms with Crippen LogP contribution in [0.5, 0.6) is 0 Å². The number of nitrogens with zero attached hydrogens (tertiary/aromatic N) is 1. The third-order valence-electron chi connectivity index (χ3n) is 12.5. The number of hydrogen-bond donors (Lipinski definition) is 0. The molecule has 2 aliphatic carbocycles. The van der Waals surface area contributed by atoms with Gasteiger partial charge in [0.2, 0.25) is 0 Å². The monoisotopic (exact) mass is 637 g/mol. The maximum Gasteiger partial charge on any atom is 0.416 e. The summed E-state index contributed by atoms with van der Waals surface area (Å²) < 4.78 is 40.4. The Labute approximate surface area is 280 Å². The van der Waals surface area contributed by atoms with Crippen LogP contribution in [0.15, 0.2) is 109 Å². The van der Waals surface area contributed by atoms with Gasteiger partial charge in [0, 0.05) is 22.2 Å². The van der Waals surface area contributed by atoms with E-state index in [0.717, 1.165) is 37.1 Å². The quantitative estimate of drug-likeness (QED) is 0.171. The summed E-state index contributed by atoms with van der Waals surface area (Å²) in [5.74, 6) is 0. The third-order valence-corrected chi connectivity index (χ3v) is 12.5. The second-order valence-corrected chi connectivity index (χ2v) is 15.2. The first kappa shape index (κ1) is 29.6. The molecule has 48 heavy (non-hydrogen) atoms. The largest absolute Gasteiger partial charge is 0.416 e. The molecule has 2 unspecified atom stereocenters. The highest BCUT2D eigenvalue weighted by atomic mass is 19.4. The minimum Gasteiger partial charge on any atom is -0.334 e. The van der Waals surface area contributed by atoms with Crippen molar-refractivity contribution in [2.75, 3.05) is 4.90 Å². The first-order valence-corrected chi connectivity index (χ1v) is 17.1. The Morgan fingerprint density at radius 2 is 1.29 bits per heavy atom. The van der Waals surface area contributed by atoms with Crippen LogP contribution in [0.2, 0.25) is 0 Å². The van der Waals surface area contributed by atoms with Gasteiger partial charge < -0.3 is 4.90 Å². The molecule has 0 amide bonds. The minimum atomic E-state index is -4.35. The van der Waals surface area contributed by atoms with Crippen molar-refractivity contribution in [1.29, 1.82) is 0 Å². The molecule has 0 bridgehead atoms. The predicted molar refractivity (Wildman–Crippen MR) is 192 cm³/mol. The van der Waals surface area contributed by atoms with Crippen molar-refractivity contribution in [3.05, 3.63) is 131 Å². The SMILES string of the molecule is CC1(C)c2cc(-c3ccc4c(c3)C3(C)CCCCC3(C)N4c3ccc(C(F)(F)F)cc3)ccc2-c2c1ccc1c2ccc2ccccc21. The highest BCUT2D eigenvalue weighted by molar-refractivity contribution is 6.14. The summed E-state index contributed by atoms with van der Waals surface area (Å²) in [7, 11) is 0. The molecule has 1 aliphatic heterocycles. The topological polar surface area (TPSA) is 3.24 Å². The van der Waals surface area contributed by atoms with Crippen LogP contribution in [-0.4, -0.2) is 5.54 Å². The van der Waals surface area contributed by atoms with Gasteiger partial charge in [-0.1, -0.05) is 100 Å². The lowest BCUT2D eigenvalue weighted by Crippen LogP contribution is -2.54. The van der Waals surface area contributed by atoms with Crippen molar-refractivity contribution in [2.24, 2.45) is 0 Å². The lowest BCUT2D eigenvalue weighted by Gasteiger charge is -2.50. The molecule has 9 rings (SSSR count). The Kier molecular flexibility index (Phi) is 6.00. The Hall–Kier alpha value is -4.57. The zero-order chi connectivity index (χ0) is 33.2. The Bertz CT molecular complexity index is 2300. The normalized spacial score (nSPS) is 22.4. The van der Waals surface area contributed by atoms with Gasteiger partial charge in [0.25, 0.3) is 0 Å². The molecule has 1 nitrogen and oxygen atoms in total. The van der Waals surface area contributed by atoms with Gasteiger partial charge in [-0.2, -0.15) is 13.2 Å². The van der Waals surface area contributed by atoms with Crippen molar-refractivity contribution < 1.29 is 13.2 Å². The van der Waals surface area contributed by atoms with Crippen molar-refractivity contribution in [2.45, 2.75) is 75.9 Å². The van der Waals surface area contributed by atoms with Crippen LogP contribution < -0.4 is 4.90 Å². The molecule has 1 saturated carbocycles. The Morgan fingerprint density at radius 1 is 0.604 bits per heavy atom. The number of hydrogen-bond acceptors (Lipinski definition) is 1. The van der Waals surface area contributed by atoms with E-state index in [2.05, 4.69) is 118 Å². The van der Waals surface area contributed by atoms with E-state index in [9.17, 15) is 13.2 Å². The van der Waals surface area contributed by atoms with Gasteiger partial charge >= 0.3 is 6.18 Å². The summed E-state index contributed by atoms with van der Waals surface area (Å²) >= 11 is 0. The smallest absolute Gasteiger partial charge is 0.334 e. The van der Waals surface area contributed by atoms with Gasteiger partial charge in [-0.15, -0.1) is 0 Å². The number of alkyl halides is 3. The molecule has 6 aromatic rings. The van der Waals surface area contributed by atoms with E-state index < -0.39 is 11.7 Å². The summed E-state index contributed by atoms with van der Waals surface area (Å²) in [6.45, 7) is 9.36. The van der Waals surface area contributed by atoms with E-state index in [1.165, 1.54) is 72.6 Å². The number of halogens is 3. The maximum absolute atomic E-state index is 13.5. The fraction of sp³-hybridized carbons (Fsp3) is 0.273. The molecule has 1 heterocycles. The van der Waals surface area contributed by atoms with Crippen LogP contribution in [0.25, 0.3) is 43.8 Å². The van der Waals surface area contributed by atoms with Crippen molar-refractivity contribution >= 4 is 32.9 Å². The van der Waals surface area contributed by atoms with Crippen LogP contribution in [0.3, 0.4) is 0 Å². The molecule has 3 aliphatic rings. The molecular weight excluding hydrogens is 599 g/mol. The van der Waals surface area contributed by atoms with Crippen LogP contribution >= 0.6 is 0 Å². The van der Waals surface area contributed by atoms with E-state index in [4.69, 9.17) is 0 Å². The summed E-state index contributed by atoms with van der Waals surface area (Å²) in [6.07, 6.45) is -0.0680. The summed E-state index contributed by atoms with van der Waals surface area (Å²) in [4.78, 5) is 2.34. The molecule has 0 radical (unpaired) electrons. The molecule has 0 aromatic heterocycles. The zero-order valence-electron chi connectivity index (χ0n) is 27.8. The summed E-state index contributed by atoms with van der Waals surface area (Å²) in [5, 5.41) is 5.14. The minimum absolute atomic E-state index is 0.132. The van der Waals surface area contributed by atoms with E-state index >= 15 is 0 Å². The van der Waals surface area contributed by atoms with E-state index in [1.54, 1.807) is 12.1 Å². The Balaban J connectivity index is 1.17. The predicted octanol–water partition coefficient (Wildman–Crippen LogP) is 12.7. The number of benzene rings is 6. The lowest BCUT2D eigenvalue weighted by molar-refractivity contribution is -0.137. The van der Waals surface area contributed by atoms with Gasteiger partial charge in [-0.25, -0.2) is 0 Å². The highest BCUT2D eigenvalue weighted by Gasteiger charge is 2.57. The molecule has 1 fully saturated rings. The zero-order valence-corrected chi connectivity index (χ0v) is 27.8. The van der Waals surface area contributed by atoms with Crippen molar-refractivity contribution in [3.8, 4) is 22.3 Å². The first-order valence-electron chi connectivity index (χ1n) is 17.1. The summed E-state index contributed by atoms with van der Waals surface area (Å²) in [5.41, 5.74) is 9.83. The van der Waals surface area contributed by atoms with Gasteiger partial charge in [0.05, 0.1) is 11.1 Å². The van der Waals surface area contributed by atoms with Crippen LogP contribution in [-0.2, 0) is 17.0 Å². The fourth-order valence-corrected chi connectivity index (χ4v) is 9.62. The fourth-order valence-electron chi connectivity index (χ4n) is 9.62. The van der Waals surface area contributed by atoms with Gasteiger partial charge in [0.15, 0.2) is 0 Å². The van der Waals surface area contributed by atoms with E-state index in [-0.39, 0.29) is 16.4 Å². The molecular formula is C44H38F3N. The van der Waals surface area contributed by atoms with Gasteiger partial charge in [-0.3, -0.25) is 0 Å². The van der Waals surface area contributed by atoms with Crippen molar-refractivity contribution in [1.82, 2.24) is 0 Å². The molecule has 0 saturated heterocycles. The maximum atomic E-state index is 13.5. The number of rotatable bonds is 2. The standard InChI is InChI=1S/C44H38F3N/c1-41(2)36-21-20-33-32-10-6-5-9-27(32)11-18-34(33)40(36)35-19-12-28(25-37(35)41)29-13-22-39-38(26-29)42(3)23-7-8-24-43(42,4)48(39)31-16-14-30(15-17-31)44(45,46)47/h5-6,9-22,25-26H,7-8,23-24H2,1-4H3. The number of fused-ring (bicyclic) bond motifs is 10. The molecule has 4 heteroatoms. The van der Waals surface area contributed by atoms with E-state index in [0.29, 0.717) is 0 Å². The van der Waals surface area contributed by atoms with Crippen LogP contribution in [0, 0.1) is 0 Å². The van der Waals surface area contributed by atoms with Crippen LogP contribution in [0.1, 0.15) is 75.6 Å². The van der Waals surface area contributed by atoms with Crippen LogP contribution in [0.4, 0.5) is 24.5 Å². The lowest BCUT2D eigenvalue weighted by atomic mass is 9.61. The molecule has 0 spiro atoms. The average Bonchev–Trinajstić information content (AvgIpc) is 3.44. The first-order chi connectivity index (χ1) is 22.9. The molecule has 2 atom stereocenters. The van der Waals surface area contributed by atoms with Gasteiger partial charge in [-0.05, 0) is 123 Å². The second kappa shape index (κ2) is 9.75.